The highest BCUT2D eigenvalue weighted by Crippen LogP contribution is 2.30. The first-order valence-corrected chi connectivity index (χ1v) is 11.8. The maximum absolute atomic E-state index is 13.2. The van der Waals surface area contributed by atoms with Crippen LogP contribution in [0, 0.1) is 12.7 Å². The fourth-order valence-electron chi connectivity index (χ4n) is 3.32. The van der Waals surface area contributed by atoms with Gasteiger partial charge in [-0.25, -0.2) is 19.1 Å². The molecule has 0 saturated heterocycles. The van der Waals surface area contributed by atoms with Crippen molar-refractivity contribution in [1.29, 1.82) is 0 Å². The SMILES string of the molecule is CCOC(=O)c1sc(NC(=O)c2cccc(NC3=C(Cl)C(=O)N(c4ccc(F)cc4)C3=O)c2)nc1C. The highest BCUT2D eigenvalue weighted by molar-refractivity contribution is 7.17. The van der Waals surface area contributed by atoms with E-state index < -0.39 is 29.5 Å². The van der Waals surface area contributed by atoms with Gasteiger partial charge in [0.2, 0.25) is 0 Å². The molecule has 1 aliphatic rings. The van der Waals surface area contributed by atoms with E-state index in [4.69, 9.17) is 16.3 Å². The minimum Gasteiger partial charge on any atom is -0.462 e. The van der Waals surface area contributed by atoms with Crippen molar-refractivity contribution in [2.45, 2.75) is 13.8 Å². The normalized spacial score (nSPS) is 13.3. The number of thiazole rings is 1. The quantitative estimate of drug-likeness (QED) is 0.343. The highest BCUT2D eigenvalue weighted by Gasteiger charge is 2.39. The number of hydrogen-bond donors (Lipinski definition) is 2. The summed E-state index contributed by atoms with van der Waals surface area (Å²) in [5.74, 6) is -3.03. The third-order valence-corrected chi connectivity index (χ3v) is 6.39. The van der Waals surface area contributed by atoms with Crippen molar-refractivity contribution in [2.75, 3.05) is 22.1 Å². The standard InChI is InChI=1S/C24H18ClFN4O5S/c1-3-35-23(34)19-12(2)27-24(36-19)29-20(31)13-5-4-6-15(11-13)28-18-17(25)21(32)30(22(18)33)16-9-7-14(26)8-10-16/h4-11,28H,3H2,1-2H3,(H,27,29,31). The molecule has 2 heterocycles. The van der Waals surface area contributed by atoms with E-state index in [1.54, 1.807) is 26.0 Å². The maximum Gasteiger partial charge on any atom is 0.350 e. The predicted octanol–water partition coefficient (Wildman–Crippen LogP) is 4.46. The van der Waals surface area contributed by atoms with Crippen LogP contribution >= 0.6 is 22.9 Å². The number of ether oxygens (including phenoxy) is 1. The van der Waals surface area contributed by atoms with Gasteiger partial charge in [0.15, 0.2) is 5.13 Å². The molecule has 0 radical (unpaired) electrons. The number of rotatable bonds is 7. The summed E-state index contributed by atoms with van der Waals surface area (Å²) in [7, 11) is 0. The Labute approximate surface area is 213 Å². The monoisotopic (exact) mass is 528 g/mol. The molecular formula is C24H18ClFN4O5S. The van der Waals surface area contributed by atoms with Gasteiger partial charge in [-0.05, 0) is 56.3 Å². The molecule has 0 fully saturated rings. The Morgan fingerprint density at radius 2 is 1.86 bits per heavy atom. The van der Waals surface area contributed by atoms with Gasteiger partial charge in [-0.1, -0.05) is 29.0 Å². The van der Waals surface area contributed by atoms with Crippen LogP contribution in [-0.2, 0) is 14.3 Å². The summed E-state index contributed by atoms with van der Waals surface area (Å²) in [4.78, 5) is 55.5. The smallest absolute Gasteiger partial charge is 0.350 e. The number of amides is 3. The molecule has 0 bridgehead atoms. The van der Waals surface area contributed by atoms with Gasteiger partial charge in [0.25, 0.3) is 17.7 Å². The second kappa shape index (κ2) is 10.3. The van der Waals surface area contributed by atoms with Crippen molar-refractivity contribution < 1.29 is 28.3 Å². The number of nitrogens with zero attached hydrogens (tertiary/aromatic N) is 2. The summed E-state index contributed by atoms with van der Waals surface area (Å²) < 4.78 is 18.2. The Bertz CT molecular complexity index is 1420. The molecule has 0 aliphatic carbocycles. The molecule has 1 aliphatic heterocycles. The molecule has 3 aromatic rings. The second-order valence-corrected chi connectivity index (χ2v) is 8.80. The highest BCUT2D eigenvalue weighted by atomic mass is 35.5. The number of esters is 1. The van der Waals surface area contributed by atoms with Crippen LogP contribution in [0.25, 0.3) is 0 Å². The van der Waals surface area contributed by atoms with Crippen molar-refractivity contribution in [3.63, 3.8) is 0 Å². The van der Waals surface area contributed by atoms with Gasteiger partial charge in [0.05, 0.1) is 18.0 Å². The summed E-state index contributed by atoms with van der Waals surface area (Å²) in [6, 6.07) is 11.0. The van der Waals surface area contributed by atoms with Crippen LogP contribution in [0.3, 0.4) is 0 Å². The lowest BCUT2D eigenvalue weighted by molar-refractivity contribution is -0.120. The summed E-state index contributed by atoms with van der Waals surface area (Å²) in [5.41, 5.74) is 0.948. The minimum atomic E-state index is -0.763. The first kappa shape index (κ1) is 25.0. The zero-order valence-corrected chi connectivity index (χ0v) is 20.5. The number of aryl methyl sites for hydroxylation is 1. The van der Waals surface area contributed by atoms with Crippen LogP contribution in [0.1, 0.15) is 32.6 Å². The van der Waals surface area contributed by atoms with Crippen LogP contribution in [0.4, 0.5) is 20.9 Å². The zero-order chi connectivity index (χ0) is 26.0. The van der Waals surface area contributed by atoms with E-state index in [2.05, 4.69) is 15.6 Å². The first-order valence-electron chi connectivity index (χ1n) is 10.6. The largest absolute Gasteiger partial charge is 0.462 e. The van der Waals surface area contributed by atoms with E-state index in [9.17, 15) is 23.6 Å². The zero-order valence-electron chi connectivity index (χ0n) is 18.9. The Morgan fingerprint density at radius 3 is 2.56 bits per heavy atom. The Hall–Kier alpha value is -4.09. The molecule has 2 aromatic carbocycles. The molecule has 1 aromatic heterocycles. The van der Waals surface area contributed by atoms with Gasteiger partial charge in [-0.15, -0.1) is 0 Å². The van der Waals surface area contributed by atoms with E-state index in [0.29, 0.717) is 16.3 Å². The third kappa shape index (κ3) is 4.97. The fraction of sp³-hybridized carbons (Fsp3) is 0.125. The molecule has 0 spiro atoms. The third-order valence-electron chi connectivity index (χ3n) is 4.98. The first-order chi connectivity index (χ1) is 17.2. The second-order valence-electron chi connectivity index (χ2n) is 7.43. The predicted molar refractivity (Wildman–Crippen MR) is 133 cm³/mol. The van der Waals surface area contributed by atoms with Gasteiger partial charge in [-0.3, -0.25) is 19.7 Å². The number of halogens is 2. The van der Waals surface area contributed by atoms with Crippen LogP contribution in [0.15, 0.2) is 59.3 Å². The average molecular weight is 529 g/mol. The molecular weight excluding hydrogens is 511 g/mol. The molecule has 3 amide bonds. The number of hydrogen-bond acceptors (Lipinski definition) is 8. The van der Waals surface area contributed by atoms with Crippen molar-refractivity contribution in [2.24, 2.45) is 0 Å². The van der Waals surface area contributed by atoms with E-state index >= 15 is 0 Å². The van der Waals surface area contributed by atoms with Crippen molar-refractivity contribution in [1.82, 2.24) is 4.98 Å². The number of benzene rings is 2. The lowest BCUT2D eigenvalue weighted by Gasteiger charge is -2.15. The van der Waals surface area contributed by atoms with Gasteiger partial charge >= 0.3 is 5.97 Å². The van der Waals surface area contributed by atoms with Crippen LogP contribution in [-0.4, -0.2) is 35.3 Å². The van der Waals surface area contributed by atoms with Crippen molar-refractivity contribution in [3.05, 3.63) is 81.2 Å². The Morgan fingerprint density at radius 1 is 1.14 bits per heavy atom. The molecule has 0 saturated carbocycles. The number of imide groups is 1. The molecule has 0 unspecified atom stereocenters. The van der Waals surface area contributed by atoms with Gasteiger partial charge in [-0.2, -0.15) is 0 Å². The van der Waals surface area contributed by atoms with E-state index in [1.807, 2.05) is 0 Å². The number of aromatic nitrogens is 1. The molecule has 36 heavy (non-hydrogen) atoms. The summed E-state index contributed by atoms with van der Waals surface area (Å²) in [6.07, 6.45) is 0. The van der Waals surface area contributed by atoms with Crippen LogP contribution in [0.2, 0.25) is 0 Å². The minimum absolute atomic E-state index is 0.162. The number of anilines is 3. The molecule has 4 rings (SSSR count). The summed E-state index contributed by atoms with van der Waals surface area (Å²) in [6.45, 7) is 3.54. The molecule has 0 atom stereocenters. The van der Waals surface area contributed by atoms with Gasteiger partial charge in [0, 0.05) is 11.3 Å². The molecule has 2 N–H and O–H groups in total. The van der Waals surface area contributed by atoms with Crippen molar-refractivity contribution >= 4 is 63.1 Å². The summed E-state index contributed by atoms with van der Waals surface area (Å²) >= 11 is 7.12. The van der Waals surface area contributed by atoms with E-state index in [0.717, 1.165) is 28.4 Å². The lowest BCUT2D eigenvalue weighted by Crippen LogP contribution is -2.32. The van der Waals surface area contributed by atoms with Crippen LogP contribution < -0.4 is 15.5 Å². The van der Waals surface area contributed by atoms with E-state index in [1.165, 1.54) is 24.3 Å². The van der Waals surface area contributed by atoms with Crippen LogP contribution in [0.5, 0.6) is 0 Å². The lowest BCUT2D eigenvalue weighted by atomic mass is 10.2. The molecule has 184 valence electrons. The molecule has 9 nitrogen and oxygen atoms in total. The number of carbonyl (C=O) groups is 4. The average Bonchev–Trinajstić information content (AvgIpc) is 3.32. The molecule has 12 heteroatoms. The number of nitrogens with one attached hydrogen (secondary N) is 2. The van der Waals surface area contributed by atoms with Gasteiger partial charge < -0.3 is 10.1 Å². The fourth-order valence-corrected chi connectivity index (χ4v) is 4.39. The Kier molecular flexibility index (Phi) is 7.13. The number of carbonyl (C=O) groups excluding carboxylic acids is 4. The summed E-state index contributed by atoms with van der Waals surface area (Å²) in [5, 5.41) is 5.30. The van der Waals surface area contributed by atoms with E-state index in [-0.39, 0.29) is 33.7 Å². The maximum atomic E-state index is 13.2. The van der Waals surface area contributed by atoms with Gasteiger partial charge in [0.1, 0.15) is 21.4 Å². The van der Waals surface area contributed by atoms with Crippen molar-refractivity contribution in [3.8, 4) is 0 Å². The Balaban J connectivity index is 1.50. The topological polar surface area (TPSA) is 118 Å².